The molecule has 0 aliphatic carbocycles. The molecule has 8 heteroatoms. The number of hydrogen-bond acceptors (Lipinski definition) is 5. The average molecular weight is 333 g/mol. The van der Waals surface area contributed by atoms with Crippen LogP contribution in [0, 0.1) is 0 Å². The van der Waals surface area contributed by atoms with Crippen molar-refractivity contribution >= 4 is 27.3 Å². The molecular weight excluding hydrogens is 312 g/mol. The maximum atomic E-state index is 12.4. The van der Waals surface area contributed by atoms with Crippen LogP contribution in [-0.4, -0.2) is 64.5 Å². The van der Waals surface area contributed by atoms with Crippen molar-refractivity contribution < 1.29 is 8.42 Å². The highest BCUT2D eigenvalue weighted by molar-refractivity contribution is 7.89. The van der Waals surface area contributed by atoms with Crippen molar-refractivity contribution in [1.29, 1.82) is 0 Å². The number of halogens is 1. The average Bonchev–Trinajstić information content (AvgIpc) is 2.42. The van der Waals surface area contributed by atoms with Crippen LogP contribution < -0.4 is 10.5 Å². The molecule has 1 aromatic carbocycles. The number of piperazine rings is 1. The molecule has 1 saturated heterocycles. The van der Waals surface area contributed by atoms with Gasteiger partial charge in [0.05, 0.1) is 5.69 Å². The molecule has 1 fully saturated rings. The fourth-order valence-corrected chi connectivity index (χ4v) is 3.81. The van der Waals surface area contributed by atoms with E-state index in [1.165, 1.54) is 12.1 Å². The van der Waals surface area contributed by atoms with Gasteiger partial charge in [0, 0.05) is 37.2 Å². The minimum atomic E-state index is -3.66. The van der Waals surface area contributed by atoms with Crippen LogP contribution in [-0.2, 0) is 10.0 Å². The summed E-state index contributed by atoms with van der Waals surface area (Å²) >= 11 is 5.85. The first-order valence-corrected chi connectivity index (χ1v) is 8.59. The minimum absolute atomic E-state index is 0.0295. The van der Waals surface area contributed by atoms with Crippen LogP contribution in [0.4, 0.5) is 5.69 Å². The van der Waals surface area contributed by atoms with Crippen LogP contribution in [0.2, 0.25) is 5.02 Å². The molecule has 0 saturated carbocycles. The first kappa shape index (κ1) is 16.5. The maximum Gasteiger partial charge on any atom is 0.242 e. The van der Waals surface area contributed by atoms with Gasteiger partial charge in [0.2, 0.25) is 10.0 Å². The molecule has 1 aliphatic rings. The Bertz CT molecular complexity index is 608. The van der Waals surface area contributed by atoms with Gasteiger partial charge in [-0.3, -0.25) is 4.90 Å². The van der Waals surface area contributed by atoms with Crippen LogP contribution in [0.3, 0.4) is 0 Å². The Balaban J connectivity index is 2.09. The van der Waals surface area contributed by atoms with Crippen molar-refractivity contribution in [2.75, 3.05) is 46.0 Å². The molecule has 1 heterocycles. The molecular formula is C13H21ClN4O2S. The highest BCUT2D eigenvalue weighted by Crippen LogP contribution is 2.22. The zero-order chi connectivity index (χ0) is 15.6. The Morgan fingerprint density at radius 1 is 1.38 bits per heavy atom. The number of benzene rings is 1. The number of anilines is 1. The summed E-state index contributed by atoms with van der Waals surface area (Å²) in [6.07, 6.45) is 0. The normalized spacial score (nSPS) is 21.6. The fourth-order valence-electron chi connectivity index (χ4n) is 2.35. The summed E-state index contributed by atoms with van der Waals surface area (Å²) in [4.78, 5) is 4.37. The van der Waals surface area contributed by atoms with E-state index in [1.54, 1.807) is 6.07 Å². The number of likely N-dealkylation sites (N-methyl/N-ethyl adjacent to an activating group) is 2. The Hall–Kier alpha value is -0.860. The topological polar surface area (TPSA) is 78.7 Å². The molecule has 1 aliphatic heterocycles. The third-order valence-electron chi connectivity index (χ3n) is 3.75. The molecule has 1 aromatic rings. The summed E-state index contributed by atoms with van der Waals surface area (Å²) in [7, 11) is 0.373. The van der Waals surface area contributed by atoms with E-state index in [-0.39, 0.29) is 16.6 Å². The second kappa shape index (κ2) is 6.50. The van der Waals surface area contributed by atoms with Crippen molar-refractivity contribution in [3.05, 3.63) is 23.2 Å². The molecule has 1 unspecified atom stereocenters. The zero-order valence-electron chi connectivity index (χ0n) is 12.2. The van der Waals surface area contributed by atoms with Gasteiger partial charge in [-0.25, -0.2) is 13.1 Å². The first-order valence-electron chi connectivity index (χ1n) is 6.73. The quantitative estimate of drug-likeness (QED) is 0.783. The van der Waals surface area contributed by atoms with Gasteiger partial charge in [-0.15, -0.1) is 0 Å². The lowest BCUT2D eigenvalue weighted by atomic mass is 10.2. The van der Waals surface area contributed by atoms with E-state index < -0.39 is 10.0 Å². The molecule has 0 bridgehead atoms. The smallest absolute Gasteiger partial charge is 0.242 e. The summed E-state index contributed by atoms with van der Waals surface area (Å²) in [5, 5.41) is 0.346. The molecule has 1 atom stereocenters. The predicted octanol–water partition coefficient (Wildman–Crippen LogP) is 0.446. The Morgan fingerprint density at radius 3 is 2.81 bits per heavy atom. The van der Waals surface area contributed by atoms with Gasteiger partial charge in [0.15, 0.2) is 0 Å². The van der Waals surface area contributed by atoms with Crippen LogP contribution in [0.15, 0.2) is 23.1 Å². The minimum Gasteiger partial charge on any atom is -0.398 e. The summed E-state index contributed by atoms with van der Waals surface area (Å²) in [5.74, 6) is 0. The van der Waals surface area contributed by atoms with Crippen LogP contribution >= 0.6 is 11.6 Å². The maximum absolute atomic E-state index is 12.4. The lowest BCUT2D eigenvalue weighted by Crippen LogP contribution is -2.54. The number of nitrogens with one attached hydrogen (secondary N) is 1. The molecule has 0 radical (unpaired) electrons. The first-order chi connectivity index (χ1) is 9.79. The van der Waals surface area contributed by atoms with Gasteiger partial charge in [-0.1, -0.05) is 11.6 Å². The van der Waals surface area contributed by atoms with Crippen LogP contribution in [0.25, 0.3) is 0 Å². The molecule has 0 aromatic heterocycles. The second-order valence-electron chi connectivity index (χ2n) is 5.43. The SMILES string of the molecule is CN1CCN(C)C(CNS(=O)(=O)c2cc(Cl)ccc2N)C1. The van der Waals surface area contributed by atoms with Crippen LogP contribution in [0.5, 0.6) is 0 Å². The lowest BCUT2D eigenvalue weighted by Gasteiger charge is -2.37. The van der Waals surface area contributed by atoms with Gasteiger partial charge in [0.1, 0.15) is 4.90 Å². The van der Waals surface area contributed by atoms with E-state index in [1.807, 2.05) is 14.1 Å². The highest BCUT2D eigenvalue weighted by Gasteiger charge is 2.25. The summed E-state index contributed by atoms with van der Waals surface area (Å²) in [6.45, 7) is 3.07. The number of hydrogen-bond donors (Lipinski definition) is 2. The Morgan fingerprint density at radius 2 is 2.10 bits per heavy atom. The standard InChI is InChI=1S/C13H21ClN4O2S/c1-17-5-6-18(2)11(9-17)8-16-21(19,20)13-7-10(14)3-4-12(13)15/h3-4,7,11,16H,5-6,8-9,15H2,1-2H3. The van der Waals surface area contributed by atoms with E-state index in [4.69, 9.17) is 17.3 Å². The monoisotopic (exact) mass is 332 g/mol. The Kier molecular flexibility index (Phi) is 5.11. The van der Waals surface area contributed by atoms with E-state index in [0.29, 0.717) is 11.6 Å². The largest absolute Gasteiger partial charge is 0.398 e. The molecule has 6 nitrogen and oxygen atoms in total. The second-order valence-corrected chi connectivity index (χ2v) is 7.60. The molecule has 21 heavy (non-hydrogen) atoms. The van der Waals surface area contributed by atoms with Crippen molar-refractivity contribution in [3.63, 3.8) is 0 Å². The van der Waals surface area contributed by atoms with E-state index >= 15 is 0 Å². The number of rotatable bonds is 4. The third-order valence-corrected chi connectivity index (χ3v) is 5.47. The van der Waals surface area contributed by atoms with Crippen LogP contribution in [0.1, 0.15) is 0 Å². The van der Waals surface area contributed by atoms with Crippen molar-refractivity contribution in [1.82, 2.24) is 14.5 Å². The molecule has 2 rings (SSSR count). The number of nitrogens with zero attached hydrogens (tertiary/aromatic N) is 2. The molecule has 0 amide bonds. The number of nitrogens with two attached hydrogens (primary N) is 1. The van der Waals surface area contributed by atoms with Crippen molar-refractivity contribution in [2.45, 2.75) is 10.9 Å². The summed E-state index contributed by atoms with van der Waals surface area (Å²) < 4.78 is 27.3. The summed E-state index contributed by atoms with van der Waals surface area (Å²) in [6, 6.07) is 4.58. The van der Waals surface area contributed by atoms with Gasteiger partial charge < -0.3 is 10.6 Å². The third kappa shape index (κ3) is 4.08. The van der Waals surface area contributed by atoms with Gasteiger partial charge in [-0.05, 0) is 32.3 Å². The predicted molar refractivity (Wildman–Crippen MR) is 85.0 cm³/mol. The fraction of sp³-hybridized carbons (Fsp3) is 0.538. The number of nitrogen functional groups attached to an aromatic ring is 1. The van der Waals surface area contributed by atoms with Crippen molar-refractivity contribution in [2.24, 2.45) is 0 Å². The van der Waals surface area contributed by atoms with E-state index in [9.17, 15) is 8.42 Å². The number of sulfonamides is 1. The van der Waals surface area contributed by atoms with Crippen molar-refractivity contribution in [3.8, 4) is 0 Å². The highest BCUT2D eigenvalue weighted by atomic mass is 35.5. The lowest BCUT2D eigenvalue weighted by molar-refractivity contribution is 0.117. The molecule has 118 valence electrons. The zero-order valence-corrected chi connectivity index (χ0v) is 13.8. The summed E-state index contributed by atoms with van der Waals surface area (Å²) in [5.41, 5.74) is 5.93. The van der Waals surface area contributed by atoms with Gasteiger partial charge >= 0.3 is 0 Å². The van der Waals surface area contributed by atoms with Gasteiger partial charge in [0.25, 0.3) is 0 Å². The molecule has 0 spiro atoms. The Labute approximate surface area is 130 Å². The van der Waals surface area contributed by atoms with E-state index in [0.717, 1.165) is 19.6 Å². The van der Waals surface area contributed by atoms with Gasteiger partial charge in [-0.2, -0.15) is 0 Å². The van der Waals surface area contributed by atoms with E-state index in [2.05, 4.69) is 14.5 Å². The molecule has 3 N–H and O–H groups in total.